The van der Waals surface area contributed by atoms with Crippen molar-refractivity contribution in [3.8, 4) is 0 Å². The molecule has 0 fully saturated rings. The molecule has 1 N–H and O–H groups in total. The molecule has 0 saturated heterocycles. The maximum Gasteiger partial charge on any atom is 0.362 e. The van der Waals surface area contributed by atoms with Gasteiger partial charge in [-0.3, -0.25) is 0 Å². The highest BCUT2D eigenvalue weighted by molar-refractivity contribution is 5.89. The number of carbonyl (C=O) groups is 1. The Kier molecular flexibility index (Phi) is 1.82. The summed E-state index contributed by atoms with van der Waals surface area (Å²) in [6, 6.07) is 0. The first-order chi connectivity index (χ1) is 4.74. The van der Waals surface area contributed by atoms with Crippen LogP contribution in [0.15, 0.2) is 16.9 Å². The van der Waals surface area contributed by atoms with Crippen LogP contribution < -0.4 is 4.90 Å². The molecule has 1 unspecified atom stereocenters. The Morgan fingerprint density at radius 2 is 2.60 bits per heavy atom. The van der Waals surface area contributed by atoms with E-state index in [0.29, 0.717) is 5.70 Å². The van der Waals surface area contributed by atoms with Gasteiger partial charge < -0.3 is 9.64 Å². The van der Waals surface area contributed by atoms with Gasteiger partial charge in [0.25, 0.3) is 0 Å². The number of rotatable bonds is 1. The highest BCUT2D eigenvalue weighted by Crippen LogP contribution is 1.97. The second-order valence-corrected chi connectivity index (χ2v) is 1.85. The van der Waals surface area contributed by atoms with Gasteiger partial charge in [-0.15, -0.1) is 7.05 Å². The Morgan fingerprint density at radius 1 is 1.90 bits per heavy atom. The summed E-state index contributed by atoms with van der Waals surface area (Å²) in [4.78, 5) is 15.2. The van der Waals surface area contributed by atoms with Crippen LogP contribution in [0.1, 0.15) is 0 Å². The van der Waals surface area contributed by atoms with Crippen LogP contribution in [0, 0.1) is 7.05 Å². The molecule has 0 amide bonds. The molecule has 0 saturated carbocycles. The second kappa shape index (κ2) is 2.62. The minimum absolute atomic E-state index is 0.313. The molecule has 1 aliphatic heterocycles. The van der Waals surface area contributed by atoms with E-state index in [4.69, 9.17) is 0 Å². The molecular formula is C6H8N2O2. The molecule has 4 heteroatoms. The number of carbonyl (C=O) groups excluding carboxylic acids is 1. The van der Waals surface area contributed by atoms with Gasteiger partial charge in [0.2, 0.25) is 5.70 Å². The zero-order valence-corrected chi connectivity index (χ0v) is 5.63. The summed E-state index contributed by atoms with van der Waals surface area (Å²) in [6.07, 6.45) is 3.10. The maximum absolute atomic E-state index is 10.7. The third-order valence-corrected chi connectivity index (χ3v) is 1.09. The van der Waals surface area contributed by atoms with Gasteiger partial charge in [-0.05, 0) is 0 Å². The Bertz CT molecular complexity index is 208. The summed E-state index contributed by atoms with van der Waals surface area (Å²) in [7, 11) is 4.91. The highest BCUT2D eigenvalue weighted by Gasteiger charge is 2.13. The van der Waals surface area contributed by atoms with E-state index in [0.717, 1.165) is 4.90 Å². The number of methoxy groups -OCH3 is 1. The van der Waals surface area contributed by atoms with Crippen molar-refractivity contribution in [2.45, 2.75) is 0 Å². The first kappa shape index (κ1) is 6.95. The van der Waals surface area contributed by atoms with Gasteiger partial charge in [-0.25, -0.2) is 4.79 Å². The molecule has 1 aliphatic rings. The Labute approximate surface area is 58.8 Å². The molecule has 10 heavy (non-hydrogen) atoms. The zero-order valence-electron chi connectivity index (χ0n) is 5.63. The number of esters is 1. The van der Waals surface area contributed by atoms with E-state index in [1.165, 1.54) is 13.4 Å². The molecule has 4 nitrogen and oxygen atoms in total. The zero-order chi connectivity index (χ0) is 7.56. The Balaban J connectivity index is 2.68. The molecule has 1 rings (SSSR count). The van der Waals surface area contributed by atoms with Crippen molar-refractivity contribution in [2.75, 3.05) is 7.11 Å². The summed E-state index contributed by atoms with van der Waals surface area (Å²) < 4.78 is 4.42. The average Bonchev–Trinajstić information content (AvgIpc) is 2.34. The fourth-order valence-electron chi connectivity index (χ4n) is 0.619. The smallest absolute Gasteiger partial charge is 0.362 e. The van der Waals surface area contributed by atoms with E-state index in [2.05, 4.69) is 16.8 Å². The number of quaternary nitrogens is 1. The van der Waals surface area contributed by atoms with Crippen molar-refractivity contribution >= 4 is 12.3 Å². The monoisotopic (exact) mass is 140 g/mol. The van der Waals surface area contributed by atoms with Crippen LogP contribution >= 0.6 is 0 Å². The normalized spacial score (nSPS) is 22.6. The van der Waals surface area contributed by atoms with Crippen molar-refractivity contribution in [2.24, 2.45) is 4.99 Å². The van der Waals surface area contributed by atoms with Crippen LogP contribution in [0.4, 0.5) is 0 Å². The molecule has 54 valence electrons. The SMILES string of the molecule is [CH2-][NH+]1C=NC(C(=O)OC)=C1. The molecule has 0 spiro atoms. The van der Waals surface area contributed by atoms with E-state index in [9.17, 15) is 4.79 Å². The molecule has 0 aromatic rings. The molecule has 0 bridgehead atoms. The fourth-order valence-corrected chi connectivity index (χ4v) is 0.619. The van der Waals surface area contributed by atoms with Crippen molar-refractivity contribution < 1.29 is 14.4 Å². The minimum atomic E-state index is -0.421. The van der Waals surface area contributed by atoms with E-state index < -0.39 is 5.97 Å². The van der Waals surface area contributed by atoms with Gasteiger partial charge in [-0.1, -0.05) is 0 Å². The lowest BCUT2D eigenvalue weighted by Crippen LogP contribution is -2.99. The van der Waals surface area contributed by atoms with Crippen LogP contribution in [0.3, 0.4) is 0 Å². The standard InChI is InChI=1S/C6H8N2O2/c1-8-3-5(7-4-8)6(9)10-2/h3-4,8H,1H2,2H3. The van der Waals surface area contributed by atoms with Crippen LogP contribution in [0.25, 0.3) is 0 Å². The summed E-state index contributed by atoms with van der Waals surface area (Å²) in [5.41, 5.74) is 0.313. The van der Waals surface area contributed by atoms with Gasteiger partial charge in [0.05, 0.1) is 7.11 Å². The minimum Gasteiger partial charge on any atom is -0.464 e. The van der Waals surface area contributed by atoms with Gasteiger partial charge in [0, 0.05) is 0 Å². The van der Waals surface area contributed by atoms with Crippen molar-refractivity contribution in [1.29, 1.82) is 0 Å². The number of nitrogens with zero attached hydrogens (tertiary/aromatic N) is 1. The van der Waals surface area contributed by atoms with Gasteiger partial charge in [-0.2, -0.15) is 4.99 Å². The second-order valence-electron chi connectivity index (χ2n) is 1.85. The molecule has 0 radical (unpaired) electrons. The number of hydrogen-bond acceptors (Lipinski definition) is 3. The number of hydrogen-bond donors (Lipinski definition) is 1. The third-order valence-electron chi connectivity index (χ3n) is 1.09. The lowest BCUT2D eigenvalue weighted by Gasteiger charge is -1.99. The highest BCUT2D eigenvalue weighted by atomic mass is 16.5. The van der Waals surface area contributed by atoms with E-state index in [1.807, 2.05) is 0 Å². The van der Waals surface area contributed by atoms with Gasteiger partial charge in [0.15, 0.2) is 6.34 Å². The first-order valence-electron chi connectivity index (χ1n) is 2.77. The molecule has 0 aromatic carbocycles. The lowest BCUT2D eigenvalue weighted by molar-refractivity contribution is -0.679. The molecular weight excluding hydrogens is 132 g/mol. The largest absolute Gasteiger partial charge is 0.464 e. The van der Waals surface area contributed by atoms with Crippen LogP contribution in [-0.2, 0) is 9.53 Å². The summed E-state index contributed by atoms with van der Waals surface area (Å²) in [5.74, 6) is -0.421. The van der Waals surface area contributed by atoms with Gasteiger partial charge >= 0.3 is 5.97 Å². The fraction of sp³-hybridized carbons (Fsp3) is 0.167. The first-order valence-corrected chi connectivity index (χ1v) is 2.77. The average molecular weight is 140 g/mol. The Hall–Kier alpha value is -1.16. The van der Waals surface area contributed by atoms with Crippen molar-refractivity contribution in [1.82, 2.24) is 0 Å². The number of ether oxygens (including phenoxy) is 1. The van der Waals surface area contributed by atoms with E-state index in [-0.39, 0.29) is 0 Å². The van der Waals surface area contributed by atoms with Crippen molar-refractivity contribution in [3.05, 3.63) is 18.9 Å². The number of aliphatic imine (C=N–C) groups is 1. The lowest BCUT2D eigenvalue weighted by atomic mass is 10.5. The molecule has 1 atom stereocenters. The predicted octanol–water partition coefficient (Wildman–Crippen LogP) is -1.28. The quantitative estimate of drug-likeness (QED) is 0.364. The molecule has 0 aromatic heterocycles. The van der Waals surface area contributed by atoms with Crippen LogP contribution in [-0.4, -0.2) is 19.4 Å². The number of nitrogens with one attached hydrogen (secondary N) is 1. The molecule has 1 heterocycles. The Morgan fingerprint density at radius 3 is 3.00 bits per heavy atom. The molecule has 0 aliphatic carbocycles. The summed E-state index contributed by atoms with van der Waals surface area (Å²) >= 11 is 0. The van der Waals surface area contributed by atoms with Crippen LogP contribution in [0.2, 0.25) is 0 Å². The summed E-state index contributed by atoms with van der Waals surface area (Å²) in [6.45, 7) is 0. The maximum atomic E-state index is 10.7. The van der Waals surface area contributed by atoms with Crippen LogP contribution in [0.5, 0.6) is 0 Å². The van der Waals surface area contributed by atoms with E-state index >= 15 is 0 Å². The third kappa shape index (κ3) is 1.22. The van der Waals surface area contributed by atoms with Crippen molar-refractivity contribution in [3.63, 3.8) is 0 Å². The topological polar surface area (TPSA) is 43.1 Å². The van der Waals surface area contributed by atoms with Gasteiger partial charge in [0.1, 0.15) is 6.20 Å². The predicted molar refractivity (Wildman–Crippen MR) is 34.9 cm³/mol. The summed E-state index contributed by atoms with van der Waals surface area (Å²) in [5, 5.41) is 0. The van der Waals surface area contributed by atoms with E-state index in [1.54, 1.807) is 6.20 Å².